The number of unbranched alkanes of at least 4 members (excludes halogenated alkanes) is 1. The Labute approximate surface area is 33.5 Å². The van der Waals surface area contributed by atoms with Crippen LogP contribution in [0.15, 0.2) is 12.7 Å². The Morgan fingerprint density at radius 3 is 2.40 bits per heavy atom. The van der Waals surface area contributed by atoms with Crippen molar-refractivity contribution in [3.05, 3.63) is 12.7 Å². The second-order valence-corrected chi connectivity index (χ2v) is 1.08. The van der Waals surface area contributed by atoms with Gasteiger partial charge in [0.05, 0.1) is 0 Å². The molecule has 0 amide bonds. The van der Waals surface area contributed by atoms with Crippen molar-refractivity contribution >= 4 is 0 Å². The minimum atomic E-state index is 1.15. The molecule has 0 aliphatic heterocycles. The summed E-state index contributed by atoms with van der Waals surface area (Å²) >= 11 is 0. The lowest BCUT2D eigenvalue weighted by Crippen LogP contribution is -1.52. The molecule has 0 heterocycles. The third-order valence-corrected chi connectivity index (χ3v) is 0.493. The standard InChI is InChI=1S/C5H10/c1-3-5-4-2/h3H,1,4-5H2,2H3/i1-1. The van der Waals surface area contributed by atoms with Crippen molar-refractivity contribution in [2.75, 3.05) is 0 Å². The number of rotatable bonds is 2. The van der Waals surface area contributed by atoms with Gasteiger partial charge in [-0.1, -0.05) is 19.4 Å². The van der Waals surface area contributed by atoms with Gasteiger partial charge in [0.2, 0.25) is 0 Å². The van der Waals surface area contributed by atoms with Crippen molar-refractivity contribution < 1.29 is 0 Å². The normalized spacial score (nSPS) is 7.40. The third-order valence-electron chi connectivity index (χ3n) is 0.493. The van der Waals surface area contributed by atoms with E-state index in [1.54, 1.807) is 0 Å². The van der Waals surface area contributed by atoms with Gasteiger partial charge in [0.15, 0.2) is 0 Å². The van der Waals surface area contributed by atoms with Gasteiger partial charge in [-0.2, -0.15) is 0 Å². The summed E-state index contributed by atoms with van der Waals surface area (Å²) in [5.74, 6) is 0. The minimum Gasteiger partial charge on any atom is -0.103 e. The average molecular weight is 69.1 g/mol. The molecule has 0 aromatic rings. The largest absolute Gasteiger partial charge is 0.103 e. The molecule has 0 nitrogen and oxygen atoms in total. The maximum Gasteiger partial charge on any atom is -0.0356 e. The summed E-state index contributed by atoms with van der Waals surface area (Å²) in [6.07, 6.45) is 4.31. The molecular weight excluding hydrogens is 59.1 g/mol. The summed E-state index contributed by atoms with van der Waals surface area (Å²) in [7, 11) is 0. The molecule has 30 valence electrons. The molecule has 0 N–H and O–H groups in total. The zero-order valence-corrected chi connectivity index (χ0v) is 3.70. The first kappa shape index (κ1) is 4.74. The van der Waals surface area contributed by atoms with Gasteiger partial charge in [0.25, 0.3) is 0 Å². The summed E-state index contributed by atoms with van der Waals surface area (Å²) in [6, 6.07) is 0. The van der Waals surface area contributed by atoms with Crippen molar-refractivity contribution in [1.29, 1.82) is 0 Å². The second-order valence-electron chi connectivity index (χ2n) is 1.08. The van der Waals surface area contributed by atoms with E-state index in [4.69, 9.17) is 0 Å². The fraction of sp³-hybridized carbons (Fsp3) is 0.600. The molecule has 0 unspecified atom stereocenters. The van der Waals surface area contributed by atoms with Gasteiger partial charge in [-0.3, -0.25) is 0 Å². The second kappa shape index (κ2) is 3.74. The zero-order valence-electron chi connectivity index (χ0n) is 3.70. The van der Waals surface area contributed by atoms with Crippen LogP contribution >= 0.6 is 0 Å². The molecular formula is C5H10. The van der Waals surface area contributed by atoms with Crippen LogP contribution in [-0.2, 0) is 0 Å². The van der Waals surface area contributed by atoms with Crippen molar-refractivity contribution in [3.8, 4) is 0 Å². The summed E-state index contributed by atoms with van der Waals surface area (Å²) in [5.41, 5.74) is 0. The Morgan fingerprint density at radius 1 is 1.80 bits per heavy atom. The van der Waals surface area contributed by atoms with E-state index in [1.165, 1.54) is 6.42 Å². The van der Waals surface area contributed by atoms with Crippen LogP contribution in [0.2, 0.25) is 0 Å². The molecule has 0 aliphatic rings. The van der Waals surface area contributed by atoms with Crippen LogP contribution in [-0.4, -0.2) is 0 Å². The van der Waals surface area contributed by atoms with Crippen LogP contribution in [0.5, 0.6) is 0 Å². The lowest BCUT2D eigenvalue weighted by atomic mass is 10.3. The third kappa shape index (κ3) is 3.74. The first-order valence-electron chi connectivity index (χ1n) is 2.02. The summed E-state index contributed by atoms with van der Waals surface area (Å²) in [4.78, 5) is 0. The summed E-state index contributed by atoms with van der Waals surface area (Å²) in [5, 5.41) is 0. The highest BCUT2D eigenvalue weighted by Crippen LogP contribution is 1.82. The molecule has 0 aromatic heterocycles. The SMILES string of the molecule is CCCC=[11CH2]. The van der Waals surface area contributed by atoms with Crippen LogP contribution in [0.4, 0.5) is 0 Å². The highest BCUT2D eigenvalue weighted by molar-refractivity contribution is 4.63. The molecule has 0 spiro atoms. The van der Waals surface area contributed by atoms with Crippen LogP contribution in [0, 0.1) is 0 Å². The molecule has 0 radical (unpaired) electrons. The Kier molecular flexibility index (Phi) is 3.55. The lowest BCUT2D eigenvalue weighted by Gasteiger charge is -1.72. The molecule has 0 fully saturated rings. The average Bonchev–Trinajstić information content (AvgIpc) is 1.41. The van der Waals surface area contributed by atoms with Crippen molar-refractivity contribution in [2.24, 2.45) is 0 Å². The summed E-state index contributed by atoms with van der Waals surface area (Å²) < 4.78 is 0. The fourth-order valence-electron chi connectivity index (χ4n) is 0.204. The minimum absolute atomic E-state index is 1.15. The zero-order chi connectivity index (χ0) is 4.12. The monoisotopic (exact) mass is 69.1 g/mol. The van der Waals surface area contributed by atoms with Gasteiger partial charge >= 0.3 is 0 Å². The fourth-order valence-corrected chi connectivity index (χ4v) is 0.204. The van der Waals surface area contributed by atoms with Crippen molar-refractivity contribution in [2.45, 2.75) is 19.8 Å². The van der Waals surface area contributed by atoms with Crippen LogP contribution in [0.3, 0.4) is 0 Å². The van der Waals surface area contributed by atoms with E-state index in [9.17, 15) is 0 Å². The molecule has 5 heavy (non-hydrogen) atoms. The Balaban J connectivity index is 2.40. The van der Waals surface area contributed by atoms with Gasteiger partial charge in [-0.15, -0.1) is 6.58 Å². The number of hydrogen-bond acceptors (Lipinski definition) is 0. The number of allylic oxidation sites excluding steroid dienone is 1. The highest BCUT2D eigenvalue weighted by Gasteiger charge is 1.61. The molecule has 0 saturated carbocycles. The van der Waals surface area contributed by atoms with Gasteiger partial charge in [0, 0.05) is 0 Å². The van der Waals surface area contributed by atoms with Crippen LogP contribution < -0.4 is 0 Å². The van der Waals surface area contributed by atoms with Gasteiger partial charge in [0.1, 0.15) is 0 Å². The van der Waals surface area contributed by atoms with Gasteiger partial charge < -0.3 is 0 Å². The van der Waals surface area contributed by atoms with Crippen molar-refractivity contribution in [3.63, 3.8) is 0 Å². The van der Waals surface area contributed by atoms with E-state index in [1.807, 2.05) is 6.08 Å². The predicted octanol–water partition coefficient (Wildman–Crippen LogP) is 1.97. The Morgan fingerprint density at radius 2 is 2.40 bits per heavy atom. The van der Waals surface area contributed by atoms with Gasteiger partial charge in [-0.05, 0) is 6.42 Å². The Bertz CT molecular complexity index is 21.2. The molecule has 0 aromatic carbocycles. The maximum absolute atomic E-state index is 3.55. The van der Waals surface area contributed by atoms with E-state index in [-0.39, 0.29) is 0 Å². The van der Waals surface area contributed by atoms with Crippen LogP contribution in [0.1, 0.15) is 19.8 Å². The first-order chi connectivity index (χ1) is 2.41. The van der Waals surface area contributed by atoms with E-state index >= 15 is 0 Å². The molecule has 0 heteroatoms. The Hall–Kier alpha value is -0.260. The van der Waals surface area contributed by atoms with E-state index in [2.05, 4.69) is 13.5 Å². The van der Waals surface area contributed by atoms with Crippen LogP contribution in [0.25, 0.3) is 0 Å². The van der Waals surface area contributed by atoms with Crippen molar-refractivity contribution in [1.82, 2.24) is 0 Å². The highest BCUT2D eigenvalue weighted by atomic mass is 13.7. The smallest absolute Gasteiger partial charge is 0.0356 e. The maximum atomic E-state index is 3.55. The summed E-state index contributed by atoms with van der Waals surface area (Å²) in [6.45, 7) is 5.69. The molecule has 0 rings (SSSR count). The molecule has 0 aliphatic carbocycles. The van der Waals surface area contributed by atoms with E-state index in [0.717, 1.165) is 6.42 Å². The first-order valence-corrected chi connectivity index (χ1v) is 2.02. The molecule has 0 saturated heterocycles. The van der Waals surface area contributed by atoms with E-state index in [0.29, 0.717) is 0 Å². The topological polar surface area (TPSA) is 0 Å². The van der Waals surface area contributed by atoms with Gasteiger partial charge in [-0.25, -0.2) is 0 Å². The molecule has 0 bridgehead atoms. The van der Waals surface area contributed by atoms with E-state index < -0.39 is 0 Å². The quantitative estimate of drug-likeness (QED) is 0.435. The number of hydrogen-bond donors (Lipinski definition) is 0. The molecule has 0 atom stereocenters. The predicted molar refractivity (Wildman–Crippen MR) is 25.1 cm³/mol. The lowest BCUT2D eigenvalue weighted by molar-refractivity contribution is 0.961.